The van der Waals surface area contributed by atoms with Gasteiger partial charge in [0.25, 0.3) is 0 Å². The van der Waals surface area contributed by atoms with E-state index >= 15 is 0 Å². The van der Waals surface area contributed by atoms with Gasteiger partial charge in [0, 0.05) is 16.6 Å². The molecule has 2 aliphatic rings. The molecule has 1 aromatic rings. The first-order chi connectivity index (χ1) is 10.0. The minimum atomic E-state index is -0.199. The maximum Gasteiger partial charge on any atom is 0.313 e. The summed E-state index contributed by atoms with van der Waals surface area (Å²) in [5.41, 5.74) is 1.01. The lowest BCUT2D eigenvalue weighted by atomic mass is 9.99. The SMILES string of the molecule is C[C@@H](C(=O)OC1C[C@H]2CC[C@@H](C1)N2C)c1ccc(Br)cc1. The van der Waals surface area contributed by atoms with Crippen molar-refractivity contribution in [1.82, 2.24) is 4.90 Å². The second-order valence-corrected chi connectivity index (χ2v) is 7.27. The standard InChI is InChI=1S/C17H22BrNO2/c1-11(12-3-5-13(18)6-4-12)17(20)21-16-9-14-7-8-15(10-16)19(14)2/h3-6,11,14-16H,7-10H2,1-2H3/t11-,14-,15+,16?/m1/s1. The molecule has 2 heterocycles. The Balaban J connectivity index is 1.60. The first kappa shape index (κ1) is 15.0. The van der Waals surface area contributed by atoms with E-state index in [1.165, 1.54) is 12.8 Å². The Kier molecular flexibility index (Phi) is 4.36. The van der Waals surface area contributed by atoms with Crippen LogP contribution >= 0.6 is 15.9 Å². The van der Waals surface area contributed by atoms with Gasteiger partial charge in [-0.15, -0.1) is 0 Å². The number of benzene rings is 1. The fourth-order valence-corrected chi connectivity index (χ4v) is 3.88. The number of piperidine rings is 1. The molecule has 0 spiro atoms. The van der Waals surface area contributed by atoms with E-state index in [9.17, 15) is 4.79 Å². The normalized spacial score (nSPS) is 30.1. The van der Waals surface area contributed by atoms with Crippen molar-refractivity contribution in [2.24, 2.45) is 0 Å². The van der Waals surface area contributed by atoms with Crippen LogP contribution in [0.25, 0.3) is 0 Å². The van der Waals surface area contributed by atoms with Crippen molar-refractivity contribution in [3.05, 3.63) is 34.3 Å². The first-order valence-electron chi connectivity index (χ1n) is 7.72. The minimum absolute atomic E-state index is 0.0914. The second kappa shape index (κ2) is 6.09. The maximum absolute atomic E-state index is 12.4. The summed E-state index contributed by atoms with van der Waals surface area (Å²) in [6.07, 6.45) is 4.58. The number of hydrogen-bond donors (Lipinski definition) is 0. The third kappa shape index (κ3) is 3.16. The summed E-state index contributed by atoms with van der Waals surface area (Å²) < 4.78 is 6.82. The molecule has 1 unspecified atom stereocenters. The monoisotopic (exact) mass is 351 g/mol. The highest BCUT2D eigenvalue weighted by atomic mass is 79.9. The number of ether oxygens (including phenoxy) is 1. The average Bonchev–Trinajstić information content (AvgIpc) is 2.69. The lowest BCUT2D eigenvalue weighted by Gasteiger charge is -2.36. The van der Waals surface area contributed by atoms with Gasteiger partial charge in [0.15, 0.2) is 0 Å². The minimum Gasteiger partial charge on any atom is -0.462 e. The van der Waals surface area contributed by atoms with E-state index in [1.807, 2.05) is 31.2 Å². The van der Waals surface area contributed by atoms with Gasteiger partial charge in [0.1, 0.15) is 6.10 Å². The number of carbonyl (C=O) groups excluding carboxylic acids is 1. The topological polar surface area (TPSA) is 29.5 Å². The van der Waals surface area contributed by atoms with Crippen molar-refractivity contribution in [2.75, 3.05) is 7.05 Å². The number of fused-ring (bicyclic) bond motifs is 2. The summed E-state index contributed by atoms with van der Waals surface area (Å²) in [7, 11) is 2.20. The highest BCUT2D eigenvalue weighted by molar-refractivity contribution is 9.10. The predicted molar refractivity (Wildman–Crippen MR) is 86.2 cm³/mol. The molecular formula is C17H22BrNO2. The van der Waals surface area contributed by atoms with Gasteiger partial charge in [-0.3, -0.25) is 4.79 Å². The summed E-state index contributed by atoms with van der Waals surface area (Å²) >= 11 is 3.42. The highest BCUT2D eigenvalue weighted by Crippen LogP contribution is 2.36. The zero-order valence-electron chi connectivity index (χ0n) is 12.6. The van der Waals surface area contributed by atoms with Gasteiger partial charge in [-0.1, -0.05) is 28.1 Å². The summed E-state index contributed by atoms with van der Waals surface area (Å²) in [5.74, 6) is -0.290. The van der Waals surface area contributed by atoms with Crippen LogP contribution in [-0.2, 0) is 9.53 Å². The summed E-state index contributed by atoms with van der Waals surface area (Å²) in [5, 5.41) is 0. The van der Waals surface area contributed by atoms with Gasteiger partial charge in [-0.25, -0.2) is 0 Å². The van der Waals surface area contributed by atoms with Crippen LogP contribution in [0.2, 0.25) is 0 Å². The maximum atomic E-state index is 12.4. The van der Waals surface area contributed by atoms with Gasteiger partial charge < -0.3 is 9.64 Å². The Bertz CT molecular complexity index is 502. The van der Waals surface area contributed by atoms with Crippen molar-refractivity contribution in [2.45, 2.75) is 56.7 Å². The van der Waals surface area contributed by atoms with Crippen molar-refractivity contribution in [3.63, 3.8) is 0 Å². The molecule has 2 saturated heterocycles. The molecule has 0 amide bonds. The Morgan fingerprint density at radius 3 is 2.38 bits per heavy atom. The molecular weight excluding hydrogens is 330 g/mol. The van der Waals surface area contributed by atoms with E-state index in [4.69, 9.17) is 4.74 Å². The molecule has 0 aromatic heterocycles. The van der Waals surface area contributed by atoms with Crippen LogP contribution in [0.4, 0.5) is 0 Å². The van der Waals surface area contributed by atoms with Crippen LogP contribution in [0.1, 0.15) is 44.1 Å². The Hall–Kier alpha value is -0.870. The summed E-state index contributed by atoms with van der Waals surface area (Å²) in [6.45, 7) is 1.93. The van der Waals surface area contributed by atoms with Gasteiger partial charge in [0.2, 0.25) is 0 Å². The van der Waals surface area contributed by atoms with Gasteiger partial charge >= 0.3 is 5.97 Å². The van der Waals surface area contributed by atoms with Crippen LogP contribution in [0.3, 0.4) is 0 Å². The second-order valence-electron chi connectivity index (χ2n) is 6.35. The quantitative estimate of drug-likeness (QED) is 0.777. The predicted octanol–water partition coefficient (Wildman–Crippen LogP) is 3.72. The van der Waals surface area contributed by atoms with Crippen LogP contribution in [0.15, 0.2) is 28.7 Å². The zero-order chi connectivity index (χ0) is 15.0. The van der Waals surface area contributed by atoms with Gasteiger partial charge in [-0.05, 0) is 57.4 Å². The molecule has 21 heavy (non-hydrogen) atoms. The van der Waals surface area contributed by atoms with E-state index in [1.54, 1.807) is 0 Å². The van der Waals surface area contributed by atoms with E-state index < -0.39 is 0 Å². The number of rotatable bonds is 3. The summed E-state index contributed by atoms with van der Waals surface area (Å²) in [6, 6.07) is 9.10. The molecule has 3 nitrogen and oxygen atoms in total. The lowest BCUT2D eigenvalue weighted by molar-refractivity contribution is -0.153. The van der Waals surface area contributed by atoms with E-state index in [2.05, 4.69) is 27.9 Å². The van der Waals surface area contributed by atoms with Crippen molar-refractivity contribution < 1.29 is 9.53 Å². The molecule has 0 saturated carbocycles. The smallest absolute Gasteiger partial charge is 0.313 e. The number of hydrogen-bond acceptors (Lipinski definition) is 3. The Labute approximate surface area is 134 Å². The molecule has 0 N–H and O–H groups in total. The molecule has 1 aromatic carbocycles. The molecule has 4 heteroatoms. The lowest BCUT2D eigenvalue weighted by Crippen LogP contribution is -2.43. The summed E-state index contributed by atoms with van der Waals surface area (Å²) in [4.78, 5) is 14.8. The Morgan fingerprint density at radius 1 is 1.24 bits per heavy atom. The zero-order valence-corrected chi connectivity index (χ0v) is 14.2. The highest BCUT2D eigenvalue weighted by Gasteiger charge is 2.40. The van der Waals surface area contributed by atoms with E-state index in [0.717, 1.165) is 22.9 Å². The number of halogens is 1. The van der Waals surface area contributed by atoms with Gasteiger partial charge in [0.05, 0.1) is 5.92 Å². The first-order valence-corrected chi connectivity index (χ1v) is 8.52. The van der Waals surface area contributed by atoms with Crippen LogP contribution in [0.5, 0.6) is 0 Å². The number of esters is 1. The molecule has 2 aliphatic heterocycles. The van der Waals surface area contributed by atoms with Crippen LogP contribution < -0.4 is 0 Å². The van der Waals surface area contributed by atoms with E-state index in [-0.39, 0.29) is 18.0 Å². The third-order valence-corrected chi connectivity index (χ3v) is 5.59. The van der Waals surface area contributed by atoms with Crippen molar-refractivity contribution in [1.29, 1.82) is 0 Å². The average molecular weight is 352 g/mol. The van der Waals surface area contributed by atoms with Gasteiger partial charge in [-0.2, -0.15) is 0 Å². The molecule has 2 fully saturated rings. The third-order valence-electron chi connectivity index (χ3n) is 5.06. The number of nitrogens with zero attached hydrogens (tertiary/aromatic N) is 1. The molecule has 0 radical (unpaired) electrons. The van der Waals surface area contributed by atoms with Crippen molar-refractivity contribution >= 4 is 21.9 Å². The van der Waals surface area contributed by atoms with Crippen LogP contribution in [-0.4, -0.2) is 36.1 Å². The molecule has 4 atom stereocenters. The number of carbonyl (C=O) groups is 1. The molecule has 2 bridgehead atoms. The fourth-order valence-electron chi connectivity index (χ4n) is 3.61. The molecule has 114 valence electrons. The largest absolute Gasteiger partial charge is 0.462 e. The fraction of sp³-hybridized carbons (Fsp3) is 0.588. The Morgan fingerprint density at radius 2 is 1.81 bits per heavy atom. The molecule has 0 aliphatic carbocycles. The van der Waals surface area contributed by atoms with Crippen molar-refractivity contribution in [3.8, 4) is 0 Å². The van der Waals surface area contributed by atoms with Crippen LogP contribution in [0, 0.1) is 0 Å². The molecule has 3 rings (SSSR count). The van der Waals surface area contributed by atoms with E-state index in [0.29, 0.717) is 12.1 Å².